The Hall–Kier alpha value is -3.49. The first-order valence-corrected chi connectivity index (χ1v) is 16.3. The summed E-state index contributed by atoms with van der Waals surface area (Å²) >= 11 is 5.82. The van der Waals surface area contributed by atoms with E-state index in [0.717, 1.165) is 30.9 Å². The van der Waals surface area contributed by atoms with Gasteiger partial charge in [-0.2, -0.15) is 12.6 Å². The summed E-state index contributed by atoms with van der Waals surface area (Å²) in [6, 6.07) is 32.8. The van der Waals surface area contributed by atoms with Gasteiger partial charge in [-0.1, -0.05) is 97.1 Å². The standard InChI is InChI=1S/C23H25N3OS.C8H10OS.C6H10/c1-25(17-18-8-3-2-4-9-18)24-23(27)22-12-7-15-26(22)28-21-14-13-19-10-5-6-11-20(19)16-21;1-9-8-4-2-7(6-10)3-5-8;1-4-6(3)5-2/h2-6,8-11,13-14,16,22H,7,12,15,17H2,1H3,(H,24,27);2-5,10H,6H2,1H3;4-5H,1H2,2-3H3/b;;6-5+. The van der Waals surface area contributed by atoms with Crippen LogP contribution in [0.2, 0.25) is 0 Å². The Balaban J connectivity index is 0.000000272. The third-order valence-electron chi connectivity index (χ3n) is 7.13. The molecule has 232 valence electrons. The number of rotatable bonds is 9. The molecule has 44 heavy (non-hydrogen) atoms. The van der Waals surface area contributed by atoms with Gasteiger partial charge in [0.05, 0.1) is 7.11 Å². The van der Waals surface area contributed by atoms with Crippen molar-refractivity contribution in [2.45, 2.75) is 49.9 Å². The third-order valence-corrected chi connectivity index (χ3v) is 8.63. The predicted molar refractivity (Wildman–Crippen MR) is 191 cm³/mol. The molecule has 5 rings (SSSR count). The van der Waals surface area contributed by atoms with E-state index in [0.29, 0.717) is 6.54 Å². The van der Waals surface area contributed by atoms with E-state index in [4.69, 9.17) is 4.74 Å². The lowest BCUT2D eigenvalue weighted by molar-refractivity contribution is -0.128. The number of ether oxygens (including phenoxy) is 1. The normalized spacial score (nSPS) is 14.7. The van der Waals surface area contributed by atoms with E-state index in [1.807, 2.05) is 80.5 Å². The summed E-state index contributed by atoms with van der Waals surface area (Å²) in [7, 11) is 3.58. The van der Waals surface area contributed by atoms with Crippen molar-refractivity contribution in [3.05, 3.63) is 132 Å². The van der Waals surface area contributed by atoms with Gasteiger partial charge in [-0.05, 0) is 84.8 Å². The highest BCUT2D eigenvalue weighted by molar-refractivity contribution is 7.97. The first kappa shape index (κ1) is 35.0. The van der Waals surface area contributed by atoms with E-state index in [-0.39, 0.29) is 11.9 Å². The van der Waals surface area contributed by atoms with Gasteiger partial charge in [-0.15, -0.1) is 0 Å². The molecule has 0 bridgehead atoms. The number of amides is 1. The fourth-order valence-electron chi connectivity index (χ4n) is 4.48. The van der Waals surface area contributed by atoms with Gasteiger partial charge in [0.15, 0.2) is 0 Å². The van der Waals surface area contributed by atoms with Crippen LogP contribution in [-0.2, 0) is 17.1 Å². The van der Waals surface area contributed by atoms with E-state index in [1.54, 1.807) is 19.1 Å². The van der Waals surface area contributed by atoms with E-state index < -0.39 is 0 Å². The van der Waals surface area contributed by atoms with Crippen molar-refractivity contribution in [1.29, 1.82) is 0 Å². The molecule has 1 N–H and O–H groups in total. The van der Waals surface area contributed by atoms with E-state index in [9.17, 15) is 4.79 Å². The third kappa shape index (κ3) is 11.5. The molecule has 1 aliphatic heterocycles. The average molecular weight is 628 g/mol. The largest absolute Gasteiger partial charge is 0.497 e. The van der Waals surface area contributed by atoms with Crippen LogP contribution in [0, 0.1) is 0 Å². The van der Waals surface area contributed by atoms with Crippen molar-refractivity contribution in [3.8, 4) is 5.75 Å². The molecule has 5 nitrogen and oxygen atoms in total. The smallest absolute Gasteiger partial charge is 0.252 e. The number of carbonyl (C=O) groups is 1. The fraction of sp³-hybridized carbons (Fsp3) is 0.270. The summed E-state index contributed by atoms with van der Waals surface area (Å²) in [6.45, 7) is 9.20. The molecule has 0 aromatic heterocycles. The average Bonchev–Trinajstić information content (AvgIpc) is 3.53. The summed E-state index contributed by atoms with van der Waals surface area (Å²) in [6.07, 6.45) is 5.79. The maximum Gasteiger partial charge on any atom is 0.252 e. The first-order chi connectivity index (χ1) is 21.4. The lowest BCUT2D eigenvalue weighted by Gasteiger charge is -2.25. The van der Waals surface area contributed by atoms with Crippen LogP contribution in [-0.4, -0.2) is 42.0 Å². The maximum absolute atomic E-state index is 12.9. The highest BCUT2D eigenvalue weighted by Gasteiger charge is 2.32. The lowest BCUT2D eigenvalue weighted by Crippen LogP contribution is -2.47. The van der Waals surface area contributed by atoms with E-state index >= 15 is 0 Å². The molecular weight excluding hydrogens is 583 g/mol. The molecule has 1 amide bonds. The Labute approximate surface area is 273 Å². The van der Waals surface area contributed by atoms with Gasteiger partial charge in [-0.25, -0.2) is 9.31 Å². The van der Waals surface area contributed by atoms with Gasteiger partial charge in [0.25, 0.3) is 5.91 Å². The van der Waals surface area contributed by atoms with Crippen LogP contribution in [0.3, 0.4) is 0 Å². The summed E-state index contributed by atoms with van der Waals surface area (Å²) < 4.78 is 7.21. The number of allylic oxidation sites excluding steroid dienone is 3. The fourth-order valence-corrected chi connectivity index (χ4v) is 5.82. The van der Waals surface area contributed by atoms with Crippen LogP contribution >= 0.6 is 24.6 Å². The minimum absolute atomic E-state index is 0.0734. The van der Waals surface area contributed by atoms with Crippen LogP contribution in [0.1, 0.15) is 37.8 Å². The Kier molecular flexibility index (Phi) is 15.1. The lowest BCUT2D eigenvalue weighted by atomic mass is 10.1. The summed E-state index contributed by atoms with van der Waals surface area (Å²) in [4.78, 5) is 14.0. The van der Waals surface area contributed by atoms with Crippen molar-refractivity contribution >= 4 is 41.3 Å². The molecular formula is C37H45N3O2S2. The van der Waals surface area contributed by atoms with Crippen LogP contribution in [0.5, 0.6) is 5.75 Å². The van der Waals surface area contributed by atoms with Crippen LogP contribution < -0.4 is 10.2 Å². The molecule has 1 heterocycles. The summed E-state index contributed by atoms with van der Waals surface area (Å²) in [5.74, 6) is 1.75. The Bertz CT molecular complexity index is 1450. The van der Waals surface area contributed by atoms with E-state index in [1.165, 1.54) is 32.4 Å². The van der Waals surface area contributed by atoms with Gasteiger partial charge in [-0.3, -0.25) is 10.2 Å². The Morgan fingerprint density at radius 3 is 2.32 bits per heavy atom. The molecule has 1 atom stereocenters. The van der Waals surface area contributed by atoms with Gasteiger partial charge in [0.1, 0.15) is 11.8 Å². The quantitative estimate of drug-likeness (QED) is 0.0841. The number of methoxy groups -OCH3 is 1. The number of thiol groups is 1. The number of nitrogens with zero attached hydrogens (tertiary/aromatic N) is 2. The molecule has 0 aliphatic carbocycles. The van der Waals surface area contributed by atoms with Crippen LogP contribution in [0.4, 0.5) is 0 Å². The molecule has 4 aromatic carbocycles. The van der Waals surface area contributed by atoms with Crippen molar-refractivity contribution in [2.24, 2.45) is 0 Å². The Morgan fingerprint density at radius 1 is 1.02 bits per heavy atom. The highest BCUT2D eigenvalue weighted by atomic mass is 32.2. The molecule has 0 spiro atoms. The minimum atomic E-state index is -0.102. The number of nitrogens with one attached hydrogen (secondary N) is 1. The number of hydrogen-bond donors (Lipinski definition) is 2. The predicted octanol–water partition coefficient (Wildman–Crippen LogP) is 8.74. The number of fused-ring (bicyclic) bond motifs is 1. The molecule has 1 unspecified atom stereocenters. The zero-order chi connectivity index (χ0) is 31.7. The van der Waals surface area contributed by atoms with Crippen molar-refractivity contribution < 1.29 is 9.53 Å². The zero-order valence-corrected chi connectivity index (χ0v) is 28.0. The number of hydrazine groups is 1. The molecule has 4 aromatic rings. The van der Waals surface area contributed by atoms with Gasteiger partial charge >= 0.3 is 0 Å². The zero-order valence-electron chi connectivity index (χ0n) is 26.3. The second kappa shape index (κ2) is 19.0. The van der Waals surface area contributed by atoms with Crippen LogP contribution in [0.15, 0.2) is 126 Å². The van der Waals surface area contributed by atoms with E-state index in [2.05, 4.69) is 83.5 Å². The molecule has 0 radical (unpaired) electrons. The maximum atomic E-state index is 12.9. The minimum Gasteiger partial charge on any atom is -0.497 e. The van der Waals surface area contributed by atoms with Crippen molar-refractivity contribution in [2.75, 3.05) is 20.7 Å². The SMILES string of the molecule is C=C/C(C)=C/C.CN(Cc1ccccc1)NC(=O)C1CCCN1Sc1ccc2ccccc2c1.COc1ccc(CS)cc1. The second-order valence-corrected chi connectivity index (χ2v) is 11.9. The highest BCUT2D eigenvalue weighted by Crippen LogP contribution is 2.32. The van der Waals surface area contributed by atoms with Crippen molar-refractivity contribution in [1.82, 2.24) is 14.7 Å². The van der Waals surface area contributed by atoms with Gasteiger partial charge in [0, 0.05) is 30.8 Å². The van der Waals surface area contributed by atoms with Gasteiger partial charge < -0.3 is 4.74 Å². The first-order valence-electron chi connectivity index (χ1n) is 14.8. The monoisotopic (exact) mass is 627 g/mol. The number of benzene rings is 4. The molecule has 1 fully saturated rings. The second-order valence-electron chi connectivity index (χ2n) is 10.5. The van der Waals surface area contributed by atoms with Gasteiger partial charge in [0.2, 0.25) is 0 Å². The number of carbonyl (C=O) groups excluding carboxylic acids is 1. The summed E-state index contributed by atoms with van der Waals surface area (Å²) in [5.41, 5.74) is 6.68. The molecule has 1 saturated heterocycles. The molecule has 0 saturated carbocycles. The topological polar surface area (TPSA) is 44.8 Å². The number of hydrogen-bond acceptors (Lipinski definition) is 6. The molecule has 1 aliphatic rings. The molecule has 7 heteroatoms. The summed E-state index contributed by atoms with van der Waals surface area (Å²) in [5, 5.41) is 4.34. The van der Waals surface area contributed by atoms with Crippen LogP contribution in [0.25, 0.3) is 10.8 Å². The van der Waals surface area contributed by atoms with Crippen molar-refractivity contribution in [3.63, 3.8) is 0 Å². The Morgan fingerprint density at radius 2 is 1.70 bits per heavy atom.